The number of hydrogen-bond acceptors (Lipinski definition) is 6. The van der Waals surface area contributed by atoms with E-state index < -0.39 is 0 Å². The summed E-state index contributed by atoms with van der Waals surface area (Å²) in [4.78, 5) is 13.0. The lowest BCUT2D eigenvalue weighted by atomic mass is 10.3. The molecule has 0 amide bonds. The fraction of sp³-hybridized carbons (Fsp3) is 0.154. The molecule has 2 N–H and O–H groups in total. The molecular formula is C13H12N4OS. The first-order valence-corrected chi connectivity index (χ1v) is 6.58. The van der Waals surface area contributed by atoms with Crippen molar-refractivity contribution in [1.29, 1.82) is 0 Å². The summed E-state index contributed by atoms with van der Waals surface area (Å²) in [6.45, 7) is 3.80. The SMILES string of the molecule is Cc1cc(Sc2nc3ccc(N)cc3o2)nc(C)n1. The Kier molecular flexibility index (Phi) is 2.87. The second-order valence-corrected chi connectivity index (χ2v) is 5.18. The van der Waals surface area contributed by atoms with Crippen LogP contribution in [0.3, 0.4) is 0 Å². The molecule has 5 nitrogen and oxygen atoms in total. The molecule has 0 unspecified atom stereocenters. The Morgan fingerprint density at radius 1 is 1.11 bits per heavy atom. The van der Waals surface area contributed by atoms with Gasteiger partial charge in [-0.2, -0.15) is 0 Å². The van der Waals surface area contributed by atoms with Gasteiger partial charge in [-0.1, -0.05) is 0 Å². The van der Waals surface area contributed by atoms with Crippen molar-refractivity contribution < 1.29 is 4.42 Å². The maximum atomic E-state index is 5.71. The summed E-state index contributed by atoms with van der Waals surface area (Å²) >= 11 is 1.38. The molecule has 1 aromatic carbocycles. The molecular weight excluding hydrogens is 260 g/mol. The number of aromatic nitrogens is 3. The summed E-state index contributed by atoms with van der Waals surface area (Å²) in [6.07, 6.45) is 0. The number of nitrogen functional groups attached to an aromatic ring is 1. The van der Waals surface area contributed by atoms with Gasteiger partial charge in [0.1, 0.15) is 16.4 Å². The average molecular weight is 272 g/mol. The number of benzene rings is 1. The third-order valence-electron chi connectivity index (χ3n) is 2.53. The van der Waals surface area contributed by atoms with E-state index in [0.29, 0.717) is 16.5 Å². The highest BCUT2D eigenvalue weighted by Gasteiger charge is 2.09. The lowest BCUT2D eigenvalue weighted by Crippen LogP contribution is -1.92. The highest BCUT2D eigenvalue weighted by atomic mass is 32.2. The van der Waals surface area contributed by atoms with E-state index in [-0.39, 0.29) is 0 Å². The van der Waals surface area contributed by atoms with Gasteiger partial charge in [-0.3, -0.25) is 0 Å². The Balaban J connectivity index is 1.96. The molecule has 96 valence electrons. The highest BCUT2D eigenvalue weighted by molar-refractivity contribution is 7.99. The lowest BCUT2D eigenvalue weighted by molar-refractivity contribution is 0.489. The number of anilines is 1. The quantitative estimate of drug-likeness (QED) is 0.571. The van der Waals surface area contributed by atoms with Gasteiger partial charge in [0.15, 0.2) is 5.58 Å². The van der Waals surface area contributed by atoms with E-state index >= 15 is 0 Å². The third-order valence-corrected chi connectivity index (χ3v) is 3.29. The van der Waals surface area contributed by atoms with Crippen molar-refractivity contribution in [3.63, 3.8) is 0 Å². The van der Waals surface area contributed by atoms with Crippen LogP contribution in [-0.2, 0) is 0 Å². The molecule has 2 aromatic heterocycles. The van der Waals surface area contributed by atoms with Crippen LogP contribution in [0.2, 0.25) is 0 Å². The molecule has 0 saturated heterocycles. The predicted octanol–water partition coefficient (Wildman–Crippen LogP) is 2.97. The van der Waals surface area contributed by atoms with Crippen molar-refractivity contribution in [3.8, 4) is 0 Å². The van der Waals surface area contributed by atoms with Crippen molar-refractivity contribution in [3.05, 3.63) is 35.8 Å². The second-order valence-electron chi connectivity index (χ2n) is 4.20. The van der Waals surface area contributed by atoms with Crippen LogP contribution >= 0.6 is 11.8 Å². The summed E-state index contributed by atoms with van der Waals surface area (Å²) in [5.74, 6) is 0.739. The molecule has 3 rings (SSSR count). The van der Waals surface area contributed by atoms with Gasteiger partial charge < -0.3 is 10.2 Å². The monoisotopic (exact) mass is 272 g/mol. The van der Waals surface area contributed by atoms with Crippen molar-refractivity contribution in [2.45, 2.75) is 24.1 Å². The lowest BCUT2D eigenvalue weighted by Gasteiger charge is -1.99. The molecule has 0 bridgehead atoms. The van der Waals surface area contributed by atoms with E-state index in [1.54, 1.807) is 12.1 Å². The van der Waals surface area contributed by atoms with E-state index in [0.717, 1.165) is 22.1 Å². The Hall–Kier alpha value is -2.08. The standard InChI is InChI=1S/C13H12N4OS/c1-7-5-12(16-8(2)15-7)19-13-17-10-4-3-9(14)6-11(10)18-13/h3-6H,14H2,1-2H3. The molecule has 0 aliphatic rings. The summed E-state index contributed by atoms with van der Waals surface area (Å²) in [5, 5.41) is 1.38. The van der Waals surface area contributed by atoms with E-state index in [1.807, 2.05) is 26.0 Å². The Morgan fingerprint density at radius 3 is 2.74 bits per heavy atom. The summed E-state index contributed by atoms with van der Waals surface area (Å²) < 4.78 is 5.64. The highest BCUT2D eigenvalue weighted by Crippen LogP contribution is 2.29. The van der Waals surface area contributed by atoms with Crippen molar-refractivity contribution in [2.75, 3.05) is 5.73 Å². The van der Waals surface area contributed by atoms with Gasteiger partial charge in [0.25, 0.3) is 5.22 Å². The van der Waals surface area contributed by atoms with Gasteiger partial charge in [-0.05, 0) is 43.8 Å². The van der Waals surface area contributed by atoms with Gasteiger partial charge >= 0.3 is 0 Å². The average Bonchev–Trinajstić information content (AvgIpc) is 2.68. The van der Waals surface area contributed by atoms with Crippen LogP contribution < -0.4 is 5.73 Å². The molecule has 0 aliphatic carbocycles. The smallest absolute Gasteiger partial charge is 0.263 e. The number of fused-ring (bicyclic) bond motifs is 1. The molecule has 0 fully saturated rings. The zero-order chi connectivity index (χ0) is 13.4. The normalized spacial score (nSPS) is 11.1. The van der Waals surface area contributed by atoms with Gasteiger partial charge in [-0.15, -0.1) is 0 Å². The largest absolute Gasteiger partial charge is 0.431 e. The summed E-state index contributed by atoms with van der Waals surface area (Å²) in [6, 6.07) is 7.32. The Morgan fingerprint density at radius 2 is 1.95 bits per heavy atom. The summed E-state index contributed by atoms with van der Waals surface area (Å²) in [7, 11) is 0. The molecule has 6 heteroatoms. The van der Waals surface area contributed by atoms with Crippen LogP contribution in [-0.4, -0.2) is 15.0 Å². The number of oxazole rings is 1. The fourth-order valence-corrected chi connectivity index (χ4v) is 2.65. The number of nitrogens with zero attached hydrogens (tertiary/aromatic N) is 3. The van der Waals surface area contributed by atoms with Gasteiger partial charge in [-0.25, -0.2) is 15.0 Å². The number of aryl methyl sites for hydroxylation is 2. The first-order valence-electron chi connectivity index (χ1n) is 5.76. The van der Waals surface area contributed by atoms with Crippen LogP contribution in [0.25, 0.3) is 11.1 Å². The van der Waals surface area contributed by atoms with Crippen LogP contribution in [0.1, 0.15) is 11.5 Å². The van der Waals surface area contributed by atoms with Crippen LogP contribution in [0.5, 0.6) is 0 Å². The molecule has 19 heavy (non-hydrogen) atoms. The zero-order valence-corrected chi connectivity index (χ0v) is 11.4. The summed E-state index contributed by atoms with van der Waals surface area (Å²) in [5.41, 5.74) is 8.77. The van der Waals surface area contributed by atoms with E-state index in [4.69, 9.17) is 10.2 Å². The number of hydrogen-bond donors (Lipinski definition) is 1. The zero-order valence-electron chi connectivity index (χ0n) is 10.5. The molecule has 0 spiro atoms. The van der Waals surface area contributed by atoms with Crippen LogP contribution in [0.15, 0.2) is 38.9 Å². The third kappa shape index (κ3) is 2.53. The maximum Gasteiger partial charge on any atom is 0.263 e. The first-order chi connectivity index (χ1) is 9.10. The molecule has 0 aliphatic heterocycles. The number of rotatable bonds is 2. The second kappa shape index (κ2) is 4.55. The van der Waals surface area contributed by atoms with Crippen molar-refractivity contribution in [1.82, 2.24) is 15.0 Å². The molecule has 3 aromatic rings. The Labute approximate surface area is 114 Å². The van der Waals surface area contributed by atoms with Gasteiger partial charge in [0.2, 0.25) is 0 Å². The van der Waals surface area contributed by atoms with Crippen molar-refractivity contribution >= 4 is 28.5 Å². The maximum absolute atomic E-state index is 5.71. The minimum Gasteiger partial charge on any atom is -0.431 e. The van der Waals surface area contributed by atoms with E-state index in [2.05, 4.69) is 15.0 Å². The molecule has 0 atom stereocenters. The molecule has 0 radical (unpaired) electrons. The Bertz CT molecular complexity index is 733. The molecule has 2 heterocycles. The van der Waals surface area contributed by atoms with Crippen molar-refractivity contribution in [2.24, 2.45) is 0 Å². The van der Waals surface area contributed by atoms with Crippen LogP contribution in [0, 0.1) is 13.8 Å². The topological polar surface area (TPSA) is 77.8 Å². The minimum absolute atomic E-state index is 0.554. The number of nitrogens with two attached hydrogens (primary N) is 1. The van der Waals surface area contributed by atoms with Crippen LogP contribution in [0.4, 0.5) is 5.69 Å². The van der Waals surface area contributed by atoms with E-state index in [1.165, 1.54) is 11.8 Å². The molecule has 0 saturated carbocycles. The first kappa shape index (κ1) is 12.0. The van der Waals surface area contributed by atoms with E-state index in [9.17, 15) is 0 Å². The van der Waals surface area contributed by atoms with Gasteiger partial charge in [0, 0.05) is 17.4 Å². The minimum atomic E-state index is 0.554. The predicted molar refractivity (Wildman–Crippen MR) is 74.1 cm³/mol. The fourth-order valence-electron chi connectivity index (χ4n) is 1.79. The van der Waals surface area contributed by atoms with Gasteiger partial charge in [0.05, 0.1) is 0 Å².